The molecule has 35 heavy (non-hydrogen) atoms. The minimum absolute atomic E-state index is 0.0315. The van der Waals surface area contributed by atoms with Crippen LogP contribution in [-0.4, -0.2) is 37.5 Å². The number of nitrogens with zero attached hydrogens (tertiary/aromatic N) is 1. The molecule has 1 aliphatic heterocycles. The number of fused-ring (bicyclic) bond motifs is 1. The zero-order valence-corrected chi connectivity index (χ0v) is 18.9. The lowest BCUT2D eigenvalue weighted by Gasteiger charge is -2.29. The zero-order valence-electron chi connectivity index (χ0n) is 18.9. The number of ether oxygens (including phenoxy) is 1. The SMILES string of the molecule is O=c1cc(-c2ccc(Cc3ccc(OC(F)(F)F)cc3)cc2)[nH]c2ccc(N3CCNCC3)cc12. The van der Waals surface area contributed by atoms with E-state index in [1.54, 1.807) is 18.2 Å². The normalized spacial score (nSPS) is 14.3. The second-order valence-corrected chi connectivity index (χ2v) is 8.58. The molecule has 180 valence electrons. The summed E-state index contributed by atoms with van der Waals surface area (Å²) < 4.78 is 40.9. The Morgan fingerprint density at radius 2 is 1.51 bits per heavy atom. The van der Waals surface area contributed by atoms with E-state index < -0.39 is 6.36 Å². The minimum atomic E-state index is -4.70. The van der Waals surface area contributed by atoms with Crippen molar-refractivity contribution in [1.29, 1.82) is 0 Å². The summed E-state index contributed by atoms with van der Waals surface area (Å²) in [7, 11) is 0. The summed E-state index contributed by atoms with van der Waals surface area (Å²) in [6.45, 7) is 3.70. The van der Waals surface area contributed by atoms with Gasteiger partial charge in [-0.1, -0.05) is 36.4 Å². The maximum atomic E-state index is 12.9. The second kappa shape index (κ2) is 9.46. The van der Waals surface area contributed by atoms with Crippen molar-refractivity contribution in [2.75, 3.05) is 31.1 Å². The van der Waals surface area contributed by atoms with Crippen LogP contribution in [0.4, 0.5) is 18.9 Å². The number of hydrogen-bond acceptors (Lipinski definition) is 4. The van der Waals surface area contributed by atoms with E-state index in [4.69, 9.17) is 0 Å². The quantitative estimate of drug-likeness (QED) is 0.419. The van der Waals surface area contributed by atoms with Gasteiger partial charge in [-0.2, -0.15) is 0 Å². The van der Waals surface area contributed by atoms with Gasteiger partial charge in [-0.05, 0) is 53.4 Å². The Bertz CT molecular complexity index is 1370. The number of hydrogen-bond donors (Lipinski definition) is 2. The van der Waals surface area contributed by atoms with Gasteiger partial charge in [0.1, 0.15) is 5.75 Å². The topological polar surface area (TPSA) is 57.4 Å². The van der Waals surface area contributed by atoms with Gasteiger partial charge >= 0.3 is 6.36 Å². The highest BCUT2D eigenvalue weighted by Crippen LogP contribution is 2.25. The molecule has 0 unspecified atom stereocenters. The molecule has 0 radical (unpaired) electrons. The summed E-state index contributed by atoms with van der Waals surface area (Å²) in [4.78, 5) is 18.5. The molecule has 0 atom stereocenters. The Balaban J connectivity index is 1.32. The molecule has 0 bridgehead atoms. The molecule has 4 aromatic rings. The Hall–Kier alpha value is -3.78. The van der Waals surface area contributed by atoms with Crippen LogP contribution in [0.5, 0.6) is 5.75 Å². The van der Waals surface area contributed by atoms with Crippen molar-refractivity contribution in [2.45, 2.75) is 12.8 Å². The molecule has 2 N–H and O–H groups in total. The summed E-state index contributed by atoms with van der Waals surface area (Å²) >= 11 is 0. The molecule has 0 aliphatic carbocycles. The fourth-order valence-electron chi connectivity index (χ4n) is 4.36. The van der Waals surface area contributed by atoms with E-state index in [0.29, 0.717) is 11.8 Å². The van der Waals surface area contributed by atoms with Crippen LogP contribution >= 0.6 is 0 Å². The van der Waals surface area contributed by atoms with Crippen molar-refractivity contribution < 1.29 is 17.9 Å². The number of halogens is 3. The molecule has 0 amide bonds. The molecule has 1 aliphatic rings. The highest BCUT2D eigenvalue weighted by Gasteiger charge is 2.30. The first-order chi connectivity index (χ1) is 16.8. The molecular weight excluding hydrogens is 455 g/mol. The largest absolute Gasteiger partial charge is 0.573 e. The van der Waals surface area contributed by atoms with Crippen molar-refractivity contribution in [1.82, 2.24) is 10.3 Å². The molecule has 2 heterocycles. The number of anilines is 1. The first-order valence-electron chi connectivity index (χ1n) is 11.4. The van der Waals surface area contributed by atoms with Crippen LogP contribution in [0.25, 0.3) is 22.2 Å². The summed E-state index contributed by atoms with van der Waals surface area (Å²) in [5.74, 6) is -0.239. The van der Waals surface area contributed by atoms with Gasteiger partial charge in [0.25, 0.3) is 0 Å². The Labute approximate surface area is 200 Å². The molecule has 0 spiro atoms. The van der Waals surface area contributed by atoms with E-state index in [-0.39, 0.29) is 11.2 Å². The molecule has 8 heteroatoms. The van der Waals surface area contributed by atoms with E-state index in [1.807, 2.05) is 42.5 Å². The number of alkyl halides is 3. The maximum Gasteiger partial charge on any atom is 0.573 e. The fourth-order valence-corrected chi connectivity index (χ4v) is 4.36. The number of piperazine rings is 1. The number of aromatic amines is 1. The smallest absolute Gasteiger partial charge is 0.406 e. The van der Waals surface area contributed by atoms with E-state index in [1.165, 1.54) is 12.1 Å². The van der Waals surface area contributed by atoms with Crippen LogP contribution in [-0.2, 0) is 6.42 Å². The summed E-state index contributed by atoms with van der Waals surface area (Å²) in [5.41, 5.74) is 5.30. The van der Waals surface area contributed by atoms with Crippen molar-refractivity contribution in [2.24, 2.45) is 0 Å². The van der Waals surface area contributed by atoms with Crippen LogP contribution in [0.2, 0.25) is 0 Å². The maximum absolute atomic E-state index is 12.9. The molecule has 1 fully saturated rings. The van der Waals surface area contributed by atoms with Gasteiger partial charge in [0, 0.05) is 54.5 Å². The van der Waals surface area contributed by atoms with Crippen molar-refractivity contribution in [3.63, 3.8) is 0 Å². The van der Waals surface area contributed by atoms with Crippen LogP contribution < -0.4 is 20.4 Å². The first-order valence-corrected chi connectivity index (χ1v) is 11.4. The lowest BCUT2D eigenvalue weighted by Crippen LogP contribution is -2.43. The number of aromatic nitrogens is 1. The third kappa shape index (κ3) is 5.49. The van der Waals surface area contributed by atoms with Crippen LogP contribution in [0.15, 0.2) is 77.6 Å². The standard InChI is InChI=1S/C27H24F3N3O2/c28-27(29,30)35-22-8-3-19(4-9-22)15-18-1-5-20(6-2-18)25-17-26(34)23-16-21(7-10-24(23)32-25)33-13-11-31-12-14-33/h1-10,16-17,31H,11-15H2,(H,32,34). The van der Waals surface area contributed by atoms with Crippen LogP contribution in [0.1, 0.15) is 11.1 Å². The van der Waals surface area contributed by atoms with Crippen LogP contribution in [0, 0.1) is 0 Å². The summed E-state index contributed by atoms with van der Waals surface area (Å²) in [5, 5.41) is 4.00. The zero-order chi connectivity index (χ0) is 24.4. The predicted octanol–water partition coefficient (Wildman–Crippen LogP) is 5.09. The van der Waals surface area contributed by atoms with E-state index in [9.17, 15) is 18.0 Å². The number of H-pyrrole nitrogens is 1. The highest BCUT2D eigenvalue weighted by molar-refractivity contribution is 5.84. The average Bonchev–Trinajstić information content (AvgIpc) is 2.85. The molecular formula is C27H24F3N3O2. The first kappa shape index (κ1) is 23.0. The predicted molar refractivity (Wildman–Crippen MR) is 131 cm³/mol. The Morgan fingerprint density at radius 1 is 0.857 bits per heavy atom. The number of rotatable bonds is 5. The van der Waals surface area contributed by atoms with Crippen LogP contribution in [0.3, 0.4) is 0 Å². The average molecular weight is 480 g/mol. The lowest BCUT2D eigenvalue weighted by molar-refractivity contribution is -0.274. The van der Waals surface area contributed by atoms with E-state index >= 15 is 0 Å². The summed E-state index contributed by atoms with van der Waals surface area (Å²) in [6, 6.07) is 21.2. The number of pyridine rings is 1. The van der Waals surface area contributed by atoms with Gasteiger partial charge in [0.05, 0.1) is 0 Å². The third-order valence-corrected chi connectivity index (χ3v) is 6.13. The number of nitrogens with one attached hydrogen (secondary N) is 2. The van der Waals surface area contributed by atoms with Gasteiger partial charge in [-0.3, -0.25) is 4.79 Å². The monoisotopic (exact) mass is 479 g/mol. The fraction of sp³-hybridized carbons (Fsp3) is 0.222. The number of benzene rings is 3. The molecule has 5 nitrogen and oxygen atoms in total. The second-order valence-electron chi connectivity index (χ2n) is 8.58. The minimum Gasteiger partial charge on any atom is -0.406 e. The van der Waals surface area contributed by atoms with Crippen molar-refractivity contribution >= 4 is 16.6 Å². The van der Waals surface area contributed by atoms with Gasteiger partial charge in [-0.25, -0.2) is 0 Å². The molecule has 0 saturated carbocycles. The Morgan fingerprint density at radius 3 is 2.17 bits per heavy atom. The molecule has 1 aromatic heterocycles. The van der Waals surface area contributed by atoms with E-state index in [2.05, 4.69) is 19.9 Å². The summed E-state index contributed by atoms with van der Waals surface area (Å²) in [6.07, 6.45) is -4.13. The van der Waals surface area contributed by atoms with Gasteiger partial charge < -0.3 is 19.9 Å². The van der Waals surface area contributed by atoms with Gasteiger partial charge in [0.15, 0.2) is 5.43 Å². The van der Waals surface area contributed by atoms with Gasteiger partial charge in [-0.15, -0.1) is 13.2 Å². The van der Waals surface area contributed by atoms with E-state index in [0.717, 1.165) is 59.8 Å². The van der Waals surface area contributed by atoms with Gasteiger partial charge in [0.2, 0.25) is 0 Å². The van der Waals surface area contributed by atoms with Crippen molar-refractivity contribution in [3.8, 4) is 17.0 Å². The molecule has 5 rings (SSSR count). The third-order valence-electron chi connectivity index (χ3n) is 6.13. The Kier molecular flexibility index (Phi) is 6.21. The molecule has 3 aromatic carbocycles. The molecule has 1 saturated heterocycles. The highest BCUT2D eigenvalue weighted by atomic mass is 19.4. The van der Waals surface area contributed by atoms with Crippen molar-refractivity contribution in [3.05, 3.63) is 94.1 Å². The lowest BCUT2D eigenvalue weighted by atomic mass is 10.0.